The van der Waals surface area contributed by atoms with Crippen LogP contribution in [0.3, 0.4) is 0 Å². The molecule has 1 amide bonds. The molecule has 1 heterocycles. The number of ether oxygens (including phenoxy) is 3. The molecule has 4 rings (SSSR count). The quantitative estimate of drug-likeness (QED) is 0.410. The average molecular weight is 466 g/mol. The van der Waals surface area contributed by atoms with Crippen molar-refractivity contribution >= 4 is 34.4 Å². The first kappa shape index (κ1) is 22.2. The maximum absolute atomic E-state index is 13.5. The van der Waals surface area contributed by atoms with Crippen molar-refractivity contribution in [3.05, 3.63) is 81.5 Å². The zero-order chi connectivity index (χ0) is 23.5. The average Bonchev–Trinajstić information content (AvgIpc) is 2.84. The minimum absolute atomic E-state index is 0.00476. The number of halogens is 1. The van der Waals surface area contributed by atoms with Crippen LogP contribution in [0.5, 0.6) is 17.2 Å². The van der Waals surface area contributed by atoms with Crippen molar-refractivity contribution < 1.29 is 23.4 Å². The lowest BCUT2D eigenvalue weighted by molar-refractivity contribution is 0.102. The second kappa shape index (κ2) is 9.26. The first-order chi connectivity index (χ1) is 15.9. The van der Waals surface area contributed by atoms with Crippen molar-refractivity contribution in [3.63, 3.8) is 0 Å². The molecule has 7 nitrogen and oxygen atoms in total. The van der Waals surface area contributed by atoms with Crippen LogP contribution in [0.15, 0.2) is 69.9 Å². The van der Waals surface area contributed by atoms with Crippen LogP contribution in [0.25, 0.3) is 22.1 Å². The van der Waals surface area contributed by atoms with Gasteiger partial charge in [0, 0.05) is 10.6 Å². The number of anilines is 1. The van der Waals surface area contributed by atoms with Crippen molar-refractivity contribution in [2.45, 2.75) is 0 Å². The summed E-state index contributed by atoms with van der Waals surface area (Å²) >= 11 is 6.11. The fourth-order valence-electron chi connectivity index (χ4n) is 3.45. The molecule has 0 aliphatic heterocycles. The Hall–Kier alpha value is -3.97. The molecule has 0 radical (unpaired) electrons. The minimum atomic E-state index is -0.466. The number of carbonyl (C=O) groups excluding carboxylic acids is 1. The van der Waals surface area contributed by atoms with E-state index in [2.05, 4.69) is 5.32 Å². The van der Waals surface area contributed by atoms with Crippen LogP contribution in [0, 0.1) is 0 Å². The summed E-state index contributed by atoms with van der Waals surface area (Å²) in [6.07, 6.45) is 0. The number of amides is 1. The van der Waals surface area contributed by atoms with E-state index in [4.69, 9.17) is 30.2 Å². The molecule has 0 spiro atoms. The third-order valence-corrected chi connectivity index (χ3v) is 5.32. The Kier molecular flexibility index (Phi) is 6.24. The molecule has 33 heavy (non-hydrogen) atoms. The molecule has 0 atom stereocenters. The van der Waals surface area contributed by atoms with Crippen molar-refractivity contribution in [1.82, 2.24) is 0 Å². The Morgan fingerprint density at radius 2 is 1.70 bits per heavy atom. The van der Waals surface area contributed by atoms with E-state index in [9.17, 15) is 9.59 Å². The number of nitrogens with one attached hydrogen (secondary N) is 1. The SMILES string of the molecule is COc1cccc(C(=O)Nc2oc3ccc(Cl)cc3c(=O)c2-c2ccc(OC)c(OC)c2)c1. The van der Waals surface area contributed by atoms with E-state index in [1.54, 1.807) is 54.6 Å². The highest BCUT2D eigenvalue weighted by molar-refractivity contribution is 6.31. The third kappa shape index (κ3) is 4.36. The minimum Gasteiger partial charge on any atom is -0.497 e. The van der Waals surface area contributed by atoms with Gasteiger partial charge >= 0.3 is 0 Å². The highest BCUT2D eigenvalue weighted by Gasteiger charge is 2.21. The number of hydrogen-bond acceptors (Lipinski definition) is 6. The van der Waals surface area contributed by atoms with Gasteiger partial charge in [-0.3, -0.25) is 14.9 Å². The molecule has 0 unspecified atom stereocenters. The van der Waals surface area contributed by atoms with E-state index >= 15 is 0 Å². The zero-order valence-electron chi connectivity index (χ0n) is 18.1. The molecular weight excluding hydrogens is 446 g/mol. The summed E-state index contributed by atoms with van der Waals surface area (Å²) in [5.74, 6) is 0.974. The van der Waals surface area contributed by atoms with Crippen LogP contribution in [0.2, 0.25) is 5.02 Å². The van der Waals surface area contributed by atoms with Crippen LogP contribution < -0.4 is 25.0 Å². The maximum atomic E-state index is 13.5. The monoisotopic (exact) mass is 465 g/mol. The summed E-state index contributed by atoms with van der Waals surface area (Å²) in [6.45, 7) is 0. The topological polar surface area (TPSA) is 87.0 Å². The molecule has 0 aliphatic carbocycles. The van der Waals surface area contributed by atoms with E-state index in [0.717, 1.165) is 0 Å². The highest BCUT2D eigenvalue weighted by atomic mass is 35.5. The molecule has 0 aliphatic rings. The van der Waals surface area contributed by atoms with E-state index < -0.39 is 5.91 Å². The number of carbonyl (C=O) groups is 1. The molecule has 8 heteroatoms. The summed E-state index contributed by atoms with van der Waals surface area (Å²) < 4.78 is 21.8. The number of rotatable bonds is 6. The molecule has 1 N–H and O–H groups in total. The number of methoxy groups -OCH3 is 3. The molecule has 0 saturated carbocycles. The molecule has 0 bridgehead atoms. The summed E-state index contributed by atoms with van der Waals surface area (Å²) in [7, 11) is 4.53. The predicted octanol–water partition coefficient (Wildman–Crippen LogP) is 5.39. The lowest BCUT2D eigenvalue weighted by atomic mass is 10.0. The van der Waals surface area contributed by atoms with Crippen molar-refractivity contribution in [3.8, 4) is 28.4 Å². The Bertz CT molecular complexity index is 1410. The fourth-order valence-corrected chi connectivity index (χ4v) is 3.62. The number of benzene rings is 3. The van der Waals surface area contributed by atoms with Gasteiger partial charge in [-0.15, -0.1) is 0 Å². The van der Waals surface area contributed by atoms with E-state index in [1.165, 1.54) is 27.4 Å². The molecule has 3 aromatic carbocycles. The number of fused-ring (bicyclic) bond motifs is 1. The van der Waals surface area contributed by atoms with Crippen molar-refractivity contribution in [2.24, 2.45) is 0 Å². The van der Waals surface area contributed by atoms with Crippen molar-refractivity contribution in [2.75, 3.05) is 26.6 Å². The third-order valence-electron chi connectivity index (χ3n) is 5.08. The van der Waals surface area contributed by atoms with Crippen LogP contribution in [-0.4, -0.2) is 27.2 Å². The van der Waals surface area contributed by atoms with Gasteiger partial charge in [0.25, 0.3) is 5.91 Å². The number of hydrogen-bond donors (Lipinski definition) is 1. The molecule has 0 fully saturated rings. The predicted molar refractivity (Wildman–Crippen MR) is 127 cm³/mol. The van der Waals surface area contributed by atoms with Crippen molar-refractivity contribution in [1.29, 1.82) is 0 Å². The van der Waals surface area contributed by atoms with Gasteiger partial charge in [0.1, 0.15) is 11.3 Å². The van der Waals surface area contributed by atoms with Crippen LogP contribution >= 0.6 is 11.6 Å². The summed E-state index contributed by atoms with van der Waals surface area (Å²) in [5.41, 5.74) is 0.902. The molecule has 0 saturated heterocycles. The molecule has 4 aromatic rings. The van der Waals surface area contributed by atoms with Gasteiger partial charge in [0.05, 0.1) is 32.3 Å². The van der Waals surface area contributed by atoms with Crippen LogP contribution in [0.1, 0.15) is 10.4 Å². The summed E-state index contributed by atoms with van der Waals surface area (Å²) in [5, 5.41) is 3.40. The Morgan fingerprint density at radius 1 is 0.909 bits per heavy atom. The maximum Gasteiger partial charge on any atom is 0.258 e. The first-order valence-corrected chi connectivity index (χ1v) is 10.3. The Labute approximate surface area is 194 Å². The van der Waals surface area contributed by atoms with Crippen LogP contribution in [-0.2, 0) is 0 Å². The van der Waals surface area contributed by atoms with Gasteiger partial charge in [-0.25, -0.2) is 0 Å². The standard InChI is InChI=1S/C25H20ClNO6/c1-30-17-6-4-5-15(11-17)24(29)27-25-22(14-7-9-20(31-2)21(12-14)32-3)23(28)18-13-16(26)8-10-19(18)33-25/h4-13H,1-3H3,(H,27,29). The second-order valence-corrected chi connectivity index (χ2v) is 7.47. The largest absolute Gasteiger partial charge is 0.497 e. The molecular formula is C25H20ClNO6. The normalized spacial score (nSPS) is 10.7. The smallest absolute Gasteiger partial charge is 0.258 e. The van der Waals surface area contributed by atoms with Gasteiger partial charge in [0.2, 0.25) is 11.3 Å². The Morgan fingerprint density at radius 3 is 2.42 bits per heavy atom. The van der Waals surface area contributed by atoms with E-state index in [0.29, 0.717) is 33.4 Å². The van der Waals surface area contributed by atoms with Gasteiger partial charge < -0.3 is 18.6 Å². The van der Waals surface area contributed by atoms with E-state index in [-0.39, 0.29) is 27.8 Å². The van der Waals surface area contributed by atoms with Crippen LogP contribution in [0.4, 0.5) is 5.88 Å². The Balaban J connectivity index is 1.90. The molecule has 168 valence electrons. The summed E-state index contributed by atoms with van der Waals surface area (Å²) in [6, 6.07) is 16.4. The first-order valence-electron chi connectivity index (χ1n) is 9.89. The van der Waals surface area contributed by atoms with Gasteiger partial charge in [0.15, 0.2) is 11.5 Å². The van der Waals surface area contributed by atoms with Gasteiger partial charge in [-0.05, 0) is 54.1 Å². The lowest BCUT2D eigenvalue weighted by Crippen LogP contribution is -2.16. The lowest BCUT2D eigenvalue weighted by Gasteiger charge is -2.14. The second-order valence-electron chi connectivity index (χ2n) is 7.03. The van der Waals surface area contributed by atoms with Gasteiger partial charge in [-0.1, -0.05) is 23.7 Å². The van der Waals surface area contributed by atoms with E-state index in [1.807, 2.05) is 0 Å². The fraction of sp³-hybridized carbons (Fsp3) is 0.120. The highest BCUT2D eigenvalue weighted by Crippen LogP contribution is 2.35. The zero-order valence-corrected chi connectivity index (χ0v) is 18.9. The van der Waals surface area contributed by atoms with Gasteiger partial charge in [-0.2, -0.15) is 0 Å². The molecule has 1 aromatic heterocycles. The summed E-state index contributed by atoms with van der Waals surface area (Å²) in [4.78, 5) is 26.5.